The van der Waals surface area contributed by atoms with Crippen LogP contribution in [0.25, 0.3) is 10.9 Å². The minimum absolute atomic E-state index is 0.125. The lowest BCUT2D eigenvalue weighted by molar-refractivity contribution is 0.320. The first-order valence-corrected chi connectivity index (χ1v) is 12.9. The summed E-state index contributed by atoms with van der Waals surface area (Å²) < 4.78 is 14.9. The van der Waals surface area contributed by atoms with Gasteiger partial charge in [-0.1, -0.05) is 41.4 Å². The Morgan fingerprint density at radius 3 is 2.74 bits per heavy atom. The van der Waals surface area contributed by atoms with Crippen LogP contribution in [0.3, 0.4) is 0 Å². The van der Waals surface area contributed by atoms with Crippen molar-refractivity contribution in [1.29, 1.82) is 0 Å². The van der Waals surface area contributed by atoms with Crippen molar-refractivity contribution < 1.29 is 4.21 Å². The minimum atomic E-state index is -1.14. The molecule has 8 heteroatoms. The average Bonchev–Trinajstić information content (AvgIpc) is 3.15. The number of hydrogen-bond acceptors (Lipinski definition) is 4. The number of likely N-dealkylation sites (tertiary alicyclic amines) is 1. The van der Waals surface area contributed by atoms with E-state index in [1.807, 2.05) is 19.1 Å². The predicted molar refractivity (Wildman–Crippen MR) is 130 cm³/mol. The highest BCUT2D eigenvalue weighted by atomic mass is 79.9. The van der Waals surface area contributed by atoms with E-state index >= 15 is 0 Å². The first kappa shape index (κ1) is 22.6. The zero-order chi connectivity index (χ0) is 22.1. The summed E-state index contributed by atoms with van der Waals surface area (Å²) in [4.78, 5) is 20.9. The van der Waals surface area contributed by atoms with Gasteiger partial charge in [-0.2, -0.15) is 0 Å². The molecule has 0 saturated carbocycles. The van der Waals surface area contributed by atoms with Crippen molar-refractivity contribution in [2.24, 2.45) is 5.92 Å². The molecule has 31 heavy (non-hydrogen) atoms. The molecule has 2 aromatic carbocycles. The Kier molecular flexibility index (Phi) is 6.96. The van der Waals surface area contributed by atoms with Gasteiger partial charge >= 0.3 is 0 Å². The molecule has 1 fully saturated rings. The van der Waals surface area contributed by atoms with Gasteiger partial charge in [0.25, 0.3) is 5.56 Å². The van der Waals surface area contributed by atoms with E-state index < -0.39 is 10.8 Å². The van der Waals surface area contributed by atoms with Crippen molar-refractivity contribution >= 4 is 49.2 Å². The molecule has 5 nitrogen and oxygen atoms in total. The molecule has 0 spiro atoms. The fraction of sp³-hybridized carbons (Fsp3) is 0.391. The first-order chi connectivity index (χ1) is 14.9. The molecule has 0 radical (unpaired) electrons. The number of halogens is 2. The number of nitrogens with zero attached hydrogens (tertiary/aromatic N) is 3. The zero-order valence-corrected chi connectivity index (χ0v) is 20.8. The molecule has 1 aromatic heterocycles. The van der Waals surface area contributed by atoms with Crippen molar-refractivity contribution in [3.63, 3.8) is 0 Å². The summed E-state index contributed by atoms with van der Waals surface area (Å²) >= 11 is 9.83. The van der Waals surface area contributed by atoms with Crippen molar-refractivity contribution in [3.8, 4) is 0 Å². The van der Waals surface area contributed by atoms with E-state index in [2.05, 4.69) is 32.7 Å². The highest BCUT2D eigenvalue weighted by Gasteiger charge is 2.20. The molecule has 4 rings (SSSR count). The van der Waals surface area contributed by atoms with E-state index in [0.717, 1.165) is 41.2 Å². The molecule has 0 bridgehead atoms. The third kappa shape index (κ3) is 4.95. The summed E-state index contributed by atoms with van der Waals surface area (Å²) in [5.41, 5.74) is 2.48. The maximum Gasteiger partial charge on any atom is 0.261 e. The Bertz CT molecular complexity index is 1210. The second-order valence-electron chi connectivity index (χ2n) is 8.15. The smallest absolute Gasteiger partial charge is 0.261 e. The average molecular weight is 523 g/mol. The topological polar surface area (TPSA) is 55.2 Å². The summed E-state index contributed by atoms with van der Waals surface area (Å²) in [6.07, 6.45) is 2.79. The van der Waals surface area contributed by atoms with Crippen molar-refractivity contribution in [2.75, 3.05) is 18.8 Å². The van der Waals surface area contributed by atoms with Crippen LogP contribution in [0.15, 0.2) is 50.8 Å². The first-order valence-electron chi connectivity index (χ1n) is 10.4. The largest absolute Gasteiger partial charge is 0.299 e. The number of aromatic nitrogens is 2. The Hall–Kier alpha value is -1.54. The highest BCUT2D eigenvalue weighted by molar-refractivity contribution is 9.10. The standard InChI is InChI=1S/C23H25BrClN3O2S/c1-3-31(30)22-5-4-18(25)8-17(22)13-28-14-26-21-9-16(12-27-7-6-15(2)11-27)20(24)10-19(21)23(28)29/h4-5,8-10,14-15H,3,6-7,11-13H2,1-2H3/t15-,31?/m1/s1. The van der Waals surface area contributed by atoms with Gasteiger partial charge in [-0.15, -0.1) is 0 Å². The molecule has 1 saturated heterocycles. The zero-order valence-electron chi connectivity index (χ0n) is 17.6. The Morgan fingerprint density at radius 2 is 2.03 bits per heavy atom. The molecular weight excluding hydrogens is 498 g/mol. The van der Waals surface area contributed by atoms with Crippen LogP contribution in [-0.2, 0) is 23.9 Å². The summed E-state index contributed by atoms with van der Waals surface area (Å²) in [6, 6.07) is 9.16. The lowest BCUT2D eigenvalue weighted by atomic mass is 10.1. The second kappa shape index (κ2) is 9.53. The van der Waals surface area contributed by atoms with Gasteiger partial charge in [0.15, 0.2) is 0 Å². The molecule has 3 aromatic rings. The number of benzene rings is 2. The van der Waals surface area contributed by atoms with E-state index in [1.54, 1.807) is 29.1 Å². The molecule has 0 aliphatic carbocycles. The number of rotatable bonds is 6. The van der Waals surface area contributed by atoms with Crippen LogP contribution in [0.4, 0.5) is 0 Å². The van der Waals surface area contributed by atoms with Gasteiger partial charge in [0.05, 0.1) is 34.6 Å². The van der Waals surface area contributed by atoms with Gasteiger partial charge in [0, 0.05) is 33.2 Å². The number of fused-ring (bicyclic) bond motifs is 1. The fourth-order valence-corrected chi connectivity index (χ4v) is 5.71. The van der Waals surface area contributed by atoms with E-state index in [0.29, 0.717) is 26.6 Å². The van der Waals surface area contributed by atoms with Crippen LogP contribution in [0.1, 0.15) is 31.4 Å². The summed E-state index contributed by atoms with van der Waals surface area (Å²) in [5, 5.41) is 1.12. The van der Waals surface area contributed by atoms with Crippen LogP contribution in [0.2, 0.25) is 5.02 Å². The second-order valence-corrected chi connectivity index (χ2v) is 11.2. The maximum absolute atomic E-state index is 13.2. The molecule has 0 amide bonds. The third-order valence-electron chi connectivity index (χ3n) is 5.76. The van der Waals surface area contributed by atoms with Crippen molar-refractivity contribution in [2.45, 2.75) is 38.3 Å². The van der Waals surface area contributed by atoms with Gasteiger partial charge in [0.1, 0.15) is 0 Å². The van der Waals surface area contributed by atoms with E-state index in [9.17, 15) is 9.00 Å². The Balaban J connectivity index is 1.68. The molecule has 1 unspecified atom stereocenters. The lowest BCUT2D eigenvalue weighted by Gasteiger charge is -2.17. The van der Waals surface area contributed by atoms with Gasteiger partial charge in [-0.05, 0) is 60.3 Å². The Labute approximate surface area is 198 Å². The minimum Gasteiger partial charge on any atom is -0.299 e. The van der Waals surface area contributed by atoms with Gasteiger partial charge < -0.3 is 0 Å². The summed E-state index contributed by atoms with van der Waals surface area (Å²) in [7, 11) is -1.14. The van der Waals surface area contributed by atoms with Crippen LogP contribution in [0.5, 0.6) is 0 Å². The molecule has 2 atom stereocenters. The normalized spacial score (nSPS) is 18.0. The molecule has 1 aliphatic rings. The predicted octanol–water partition coefficient (Wildman–Crippen LogP) is 4.83. The van der Waals surface area contributed by atoms with Gasteiger partial charge in [-0.3, -0.25) is 18.5 Å². The van der Waals surface area contributed by atoms with E-state index in [1.165, 1.54) is 6.42 Å². The number of hydrogen-bond donors (Lipinski definition) is 0. The fourth-order valence-electron chi connectivity index (χ4n) is 4.10. The van der Waals surface area contributed by atoms with Gasteiger partial charge in [-0.25, -0.2) is 4.98 Å². The quantitative estimate of drug-likeness (QED) is 0.465. The molecule has 164 valence electrons. The summed E-state index contributed by atoms with van der Waals surface area (Å²) in [6.45, 7) is 7.47. The van der Waals surface area contributed by atoms with Crippen LogP contribution in [-0.4, -0.2) is 37.5 Å². The van der Waals surface area contributed by atoms with Gasteiger partial charge in [0.2, 0.25) is 0 Å². The molecule has 0 N–H and O–H groups in total. The summed E-state index contributed by atoms with van der Waals surface area (Å²) in [5.74, 6) is 1.23. The molecule has 1 aliphatic heterocycles. The van der Waals surface area contributed by atoms with Crippen molar-refractivity contribution in [1.82, 2.24) is 14.5 Å². The van der Waals surface area contributed by atoms with Crippen LogP contribution < -0.4 is 5.56 Å². The van der Waals surface area contributed by atoms with E-state index in [-0.39, 0.29) is 12.1 Å². The molecule has 2 heterocycles. The molecular formula is C23H25BrClN3O2S. The SMILES string of the molecule is CCS(=O)c1ccc(Cl)cc1Cn1cnc2cc(CN3CC[C@@H](C)C3)c(Br)cc2c1=O. The van der Waals surface area contributed by atoms with Crippen LogP contribution >= 0.6 is 27.5 Å². The lowest BCUT2D eigenvalue weighted by Crippen LogP contribution is -2.23. The highest BCUT2D eigenvalue weighted by Crippen LogP contribution is 2.26. The maximum atomic E-state index is 13.2. The monoisotopic (exact) mass is 521 g/mol. The third-order valence-corrected chi connectivity index (χ3v) is 8.15. The van der Waals surface area contributed by atoms with Crippen LogP contribution in [0, 0.1) is 5.92 Å². The van der Waals surface area contributed by atoms with Crippen molar-refractivity contribution in [3.05, 3.63) is 67.6 Å². The Morgan fingerprint density at radius 1 is 1.23 bits per heavy atom. The van der Waals surface area contributed by atoms with E-state index in [4.69, 9.17) is 11.6 Å².